The van der Waals surface area contributed by atoms with Crippen molar-refractivity contribution in [3.63, 3.8) is 0 Å². The monoisotopic (exact) mass is 411 g/mol. The summed E-state index contributed by atoms with van der Waals surface area (Å²) < 4.78 is 10.8. The largest absolute Gasteiger partial charge is 0.492 e. The molecule has 1 saturated carbocycles. The maximum atomic E-state index is 12.5. The van der Waals surface area contributed by atoms with Crippen molar-refractivity contribution < 1.29 is 9.47 Å². The topological polar surface area (TPSA) is 113 Å². The standard InChI is InChI=1S/C20H18ClN5O3/c1-28-19-14(7-22)9-24-20(26-19)23-8-13-4-12-5-15(21)17(29-10-11-2-3-11)6-16(12)25-18(13)27/h4-6,9,11H,2-3,8,10H2,1H3,(H,25,27)(H,23,24,26). The molecular weight excluding hydrogens is 394 g/mol. The molecule has 1 aliphatic carbocycles. The van der Waals surface area contributed by atoms with Gasteiger partial charge in [0, 0.05) is 23.6 Å². The quantitative estimate of drug-likeness (QED) is 0.613. The predicted molar refractivity (Wildman–Crippen MR) is 108 cm³/mol. The second-order valence-corrected chi connectivity index (χ2v) is 7.24. The average Bonchev–Trinajstić information content (AvgIpc) is 3.55. The Morgan fingerprint density at radius 2 is 2.21 bits per heavy atom. The van der Waals surface area contributed by atoms with Gasteiger partial charge in [0.05, 0.1) is 30.5 Å². The predicted octanol–water partition coefficient (Wildman–Crippen LogP) is 3.25. The van der Waals surface area contributed by atoms with Crippen LogP contribution in [0.5, 0.6) is 11.6 Å². The van der Waals surface area contributed by atoms with Crippen LogP contribution in [0.3, 0.4) is 0 Å². The molecule has 148 valence electrons. The number of nitriles is 1. The summed E-state index contributed by atoms with van der Waals surface area (Å²) in [6.07, 6.45) is 3.74. The van der Waals surface area contributed by atoms with Gasteiger partial charge in [0.1, 0.15) is 17.4 Å². The molecule has 1 fully saturated rings. The minimum absolute atomic E-state index is 0.169. The second kappa shape index (κ2) is 7.97. The van der Waals surface area contributed by atoms with E-state index < -0.39 is 0 Å². The summed E-state index contributed by atoms with van der Waals surface area (Å²) in [6.45, 7) is 0.837. The maximum absolute atomic E-state index is 12.5. The van der Waals surface area contributed by atoms with Crippen LogP contribution in [-0.2, 0) is 6.54 Å². The number of methoxy groups -OCH3 is 1. The van der Waals surface area contributed by atoms with Crippen molar-refractivity contribution >= 4 is 28.5 Å². The molecule has 0 saturated heterocycles. The smallest absolute Gasteiger partial charge is 0.253 e. The summed E-state index contributed by atoms with van der Waals surface area (Å²) in [7, 11) is 1.42. The highest BCUT2D eigenvalue weighted by atomic mass is 35.5. The highest BCUT2D eigenvalue weighted by Crippen LogP contribution is 2.33. The number of aromatic amines is 1. The molecule has 2 N–H and O–H groups in total. The maximum Gasteiger partial charge on any atom is 0.253 e. The van der Waals surface area contributed by atoms with Crippen LogP contribution in [0.25, 0.3) is 10.9 Å². The molecule has 0 amide bonds. The molecule has 2 heterocycles. The zero-order valence-corrected chi connectivity index (χ0v) is 16.4. The van der Waals surface area contributed by atoms with E-state index in [2.05, 4.69) is 20.3 Å². The Morgan fingerprint density at radius 3 is 2.93 bits per heavy atom. The normalized spacial score (nSPS) is 13.1. The molecule has 3 aromatic rings. The van der Waals surface area contributed by atoms with Gasteiger partial charge >= 0.3 is 0 Å². The van der Waals surface area contributed by atoms with Crippen LogP contribution in [0.4, 0.5) is 5.95 Å². The average molecular weight is 412 g/mol. The van der Waals surface area contributed by atoms with Crippen molar-refractivity contribution in [2.24, 2.45) is 5.92 Å². The Kier molecular flexibility index (Phi) is 5.23. The third-order valence-electron chi connectivity index (χ3n) is 4.65. The van der Waals surface area contributed by atoms with E-state index in [0.717, 1.165) is 5.39 Å². The first kappa shape index (κ1) is 19.0. The van der Waals surface area contributed by atoms with Crippen molar-refractivity contribution in [1.29, 1.82) is 5.26 Å². The Balaban J connectivity index is 1.54. The molecular formula is C20H18ClN5O3. The summed E-state index contributed by atoms with van der Waals surface area (Å²) in [5, 5.41) is 13.3. The fourth-order valence-electron chi connectivity index (χ4n) is 2.84. The number of fused-ring (bicyclic) bond motifs is 1. The van der Waals surface area contributed by atoms with Crippen LogP contribution in [0.15, 0.2) is 29.2 Å². The number of rotatable bonds is 7. The van der Waals surface area contributed by atoms with Crippen molar-refractivity contribution in [1.82, 2.24) is 15.0 Å². The van der Waals surface area contributed by atoms with Gasteiger partial charge in [-0.05, 0) is 30.9 Å². The molecule has 0 spiro atoms. The number of H-pyrrole nitrogens is 1. The van der Waals surface area contributed by atoms with Gasteiger partial charge in [-0.2, -0.15) is 10.2 Å². The Bertz CT molecular complexity index is 1170. The Morgan fingerprint density at radius 1 is 1.38 bits per heavy atom. The number of nitrogens with one attached hydrogen (secondary N) is 2. The van der Waals surface area contributed by atoms with Gasteiger partial charge in [-0.1, -0.05) is 11.6 Å². The lowest BCUT2D eigenvalue weighted by molar-refractivity contribution is 0.300. The highest BCUT2D eigenvalue weighted by molar-refractivity contribution is 6.32. The van der Waals surface area contributed by atoms with E-state index in [9.17, 15) is 4.79 Å². The number of benzene rings is 1. The van der Waals surface area contributed by atoms with E-state index in [1.54, 1.807) is 18.2 Å². The molecule has 0 radical (unpaired) electrons. The van der Waals surface area contributed by atoms with E-state index in [1.807, 2.05) is 6.07 Å². The highest BCUT2D eigenvalue weighted by Gasteiger charge is 2.22. The molecule has 0 aliphatic heterocycles. The van der Waals surface area contributed by atoms with Gasteiger partial charge in [-0.25, -0.2) is 4.98 Å². The SMILES string of the molecule is COc1nc(NCc2cc3cc(Cl)c(OCC4CC4)cc3[nH]c2=O)ncc1C#N. The molecule has 1 aliphatic rings. The molecule has 9 heteroatoms. The van der Waals surface area contributed by atoms with Gasteiger partial charge in [0.25, 0.3) is 5.56 Å². The van der Waals surface area contributed by atoms with E-state index in [1.165, 1.54) is 26.1 Å². The van der Waals surface area contributed by atoms with Gasteiger partial charge in [0.2, 0.25) is 11.8 Å². The lowest BCUT2D eigenvalue weighted by Gasteiger charge is -2.10. The number of hydrogen-bond donors (Lipinski definition) is 2. The van der Waals surface area contributed by atoms with Crippen LogP contribution in [-0.4, -0.2) is 28.7 Å². The third-order valence-corrected chi connectivity index (χ3v) is 4.95. The zero-order chi connectivity index (χ0) is 20.4. The summed E-state index contributed by atoms with van der Waals surface area (Å²) in [6, 6.07) is 7.25. The van der Waals surface area contributed by atoms with Crippen molar-refractivity contribution in [2.75, 3.05) is 19.0 Å². The first-order valence-electron chi connectivity index (χ1n) is 9.10. The van der Waals surface area contributed by atoms with Gasteiger partial charge in [-0.15, -0.1) is 0 Å². The first-order chi connectivity index (χ1) is 14.1. The van der Waals surface area contributed by atoms with Crippen LogP contribution in [0.2, 0.25) is 5.02 Å². The first-order valence-corrected chi connectivity index (χ1v) is 9.48. The fourth-order valence-corrected chi connectivity index (χ4v) is 3.07. The number of halogens is 1. The number of ether oxygens (including phenoxy) is 2. The summed E-state index contributed by atoms with van der Waals surface area (Å²) in [4.78, 5) is 23.5. The van der Waals surface area contributed by atoms with Gasteiger partial charge in [0.15, 0.2) is 0 Å². The lowest BCUT2D eigenvalue weighted by atomic mass is 10.1. The number of aromatic nitrogens is 3. The van der Waals surface area contributed by atoms with E-state index >= 15 is 0 Å². The second-order valence-electron chi connectivity index (χ2n) is 6.83. The van der Waals surface area contributed by atoms with E-state index in [0.29, 0.717) is 34.4 Å². The lowest BCUT2D eigenvalue weighted by Crippen LogP contribution is -2.16. The number of anilines is 1. The van der Waals surface area contributed by atoms with Crippen LogP contribution in [0, 0.1) is 17.2 Å². The van der Waals surface area contributed by atoms with Crippen LogP contribution in [0.1, 0.15) is 24.0 Å². The number of hydrogen-bond acceptors (Lipinski definition) is 7. The third kappa shape index (κ3) is 4.25. The number of pyridine rings is 1. The summed E-state index contributed by atoms with van der Waals surface area (Å²) in [5.74, 6) is 1.60. The summed E-state index contributed by atoms with van der Waals surface area (Å²) >= 11 is 6.34. The van der Waals surface area contributed by atoms with Crippen molar-refractivity contribution in [3.8, 4) is 17.7 Å². The molecule has 29 heavy (non-hydrogen) atoms. The molecule has 4 rings (SSSR count). The minimum Gasteiger partial charge on any atom is -0.492 e. The van der Waals surface area contributed by atoms with Crippen LogP contribution < -0.4 is 20.3 Å². The summed E-state index contributed by atoms with van der Waals surface area (Å²) in [5.41, 5.74) is 1.15. The van der Waals surface area contributed by atoms with Crippen molar-refractivity contribution in [2.45, 2.75) is 19.4 Å². The molecule has 1 aromatic carbocycles. The number of nitrogens with zero attached hydrogens (tertiary/aromatic N) is 3. The van der Waals surface area contributed by atoms with Gasteiger partial charge < -0.3 is 19.8 Å². The Hall–Kier alpha value is -3.31. The van der Waals surface area contributed by atoms with E-state index in [-0.39, 0.29) is 29.5 Å². The molecule has 0 unspecified atom stereocenters. The molecule has 2 aromatic heterocycles. The van der Waals surface area contributed by atoms with E-state index in [4.69, 9.17) is 26.3 Å². The molecule has 0 bridgehead atoms. The fraction of sp³-hybridized carbons (Fsp3) is 0.300. The zero-order valence-electron chi connectivity index (χ0n) is 15.7. The minimum atomic E-state index is -0.235. The van der Waals surface area contributed by atoms with Crippen LogP contribution >= 0.6 is 11.6 Å². The molecule has 8 nitrogen and oxygen atoms in total. The molecule has 0 atom stereocenters. The van der Waals surface area contributed by atoms with Crippen molar-refractivity contribution in [3.05, 3.63) is 50.9 Å². The Labute approximate surface area is 171 Å². The van der Waals surface area contributed by atoms with Gasteiger partial charge in [-0.3, -0.25) is 4.79 Å².